The number of hydrogen-bond acceptors (Lipinski definition) is 4. The molecule has 1 amide bonds. The van der Waals surface area contributed by atoms with E-state index in [9.17, 15) is 14.7 Å². The molecular weight excluding hydrogens is 422 g/mol. The summed E-state index contributed by atoms with van der Waals surface area (Å²) in [6.45, 7) is 0.335. The fourth-order valence-electron chi connectivity index (χ4n) is 2.58. The zero-order valence-electron chi connectivity index (χ0n) is 15.1. The van der Waals surface area contributed by atoms with Gasteiger partial charge in [-0.05, 0) is 48.5 Å². The molecule has 3 rings (SSSR count). The summed E-state index contributed by atoms with van der Waals surface area (Å²) in [6, 6.07) is 14.4. The Morgan fingerprint density at radius 3 is 2.50 bits per heavy atom. The Hall–Kier alpha value is -2.49. The number of halogens is 2. The van der Waals surface area contributed by atoms with Crippen molar-refractivity contribution in [2.24, 2.45) is 0 Å². The van der Waals surface area contributed by atoms with Crippen LogP contribution < -0.4 is 10.1 Å². The Morgan fingerprint density at radius 1 is 1.03 bits per heavy atom. The Bertz CT molecular complexity index is 1050. The van der Waals surface area contributed by atoms with Crippen molar-refractivity contribution >= 4 is 59.6 Å². The molecule has 0 saturated carbocycles. The number of carbonyl (C=O) groups is 2. The first-order chi connectivity index (χ1) is 13.9. The van der Waals surface area contributed by atoms with Crippen molar-refractivity contribution in [3.05, 3.63) is 87.7 Å². The van der Waals surface area contributed by atoms with Crippen LogP contribution in [0.15, 0.2) is 60.8 Å². The molecule has 0 bridgehead atoms. The van der Waals surface area contributed by atoms with E-state index in [1.165, 1.54) is 30.3 Å². The second-order valence-electron chi connectivity index (χ2n) is 6.01. The molecule has 0 aliphatic rings. The van der Waals surface area contributed by atoms with Crippen LogP contribution in [-0.4, -0.2) is 47.4 Å². The Balaban J connectivity index is 0.00000320. The van der Waals surface area contributed by atoms with Gasteiger partial charge in [-0.2, -0.15) is 0 Å². The van der Waals surface area contributed by atoms with Gasteiger partial charge in [-0.25, -0.2) is 4.79 Å². The van der Waals surface area contributed by atoms with E-state index in [4.69, 9.17) is 27.9 Å². The SMILES string of the molecule is O=C(Nc1ccc(OCCc2ccccn2)cc1C(=O)O)c1ccc(Cl)cc1Cl.[LiH]. The van der Waals surface area contributed by atoms with E-state index in [1.54, 1.807) is 12.3 Å². The molecule has 1 aromatic heterocycles. The van der Waals surface area contributed by atoms with Gasteiger partial charge in [0.2, 0.25) is 0 Å². The Labute approximate surface area is 195 Å². The maximum absolute atomic E-state index is 12.5. The molecule has 9 heteroatoms. The molecule has 2 N–H and O–H groups in total. The van der Waals surface area contributed by atoms with Crippen LogP contribution in [0.4, 0.5) is 5.69 Å². The Kier molecular flexibility index (Phi) is 8.76. The van der Waals surface area contributed by atoms with Crippen molar-refractivity contribution < 1.29 is 19.4 Å². The second-order valence-corrected chi connectivity index (χ2v) is 6.85. The number of hydrogen-bond donors (Lipinski definition) is 2. The third kappa shape index (κ3) is 6.25. The fourth-order valence-corrected chi connectivity index (χ4v) is 3.08. The van der Waals surface area contributed by atoms with E-state index in [1.807, 2.05) is 18.2 Å². The first-order valence-electron chi connectivity index (χ1n) is 8.60. The predicted octanol–water partition coefficient (Wildman–Crippen LogP) is 4.31. The van der Waals surface area contributed by atoms with Gasteiger partial charge in [0.15, 0.2) is 0 Å². The number of carboxylic acid groups (broad SMARTS) is 1. The summed E-state index contributed by atoms with van der Waals surface area (Å²) in [5.41, 5.74) is 1.09. The molecule has 2 aromatic carbocycles. The van der Waals surface area contributed by atoms with Crippen LogP contribution in [0.25, 0.3) is 0 Å². The summed E-state index contributed by atoms with van der Waals surface area (Å²) < 4.78 is 5.63. The minimum absolute atomic E-state index is 0. The van der Waals surface area contributed by atoms with Crippen LogP contribution in [0.5, 0.6) is 5.75 Å². The number of rotatable bonds is 7. The van der Waals surface area contributed by atoms with Crippen molar-refractivity contribution in [3.8, 4) is 5.75 Å². The first kappa shape index (κ1) is 23.8. The summed E-state index contributed by atoms with van der Waals surface area (Å²) in [4.78, 5) is 28.3. The Morgan fingerprint density at radius 2 is 1.83 bits per heavy atom. The number of anilines is 1. The quantitative estimate of drug-likeness (QED) is 0.536. The number of nitrogens with zero attached hydrogens (tertiary/aromatic N) is 1. The predicted molar refractivity (Wildman–Crippen MR) is 118 cm³/mol. The number of benzene rings is 2. The van der Waals surface area contributed by atoms with Crippen molar-refractivity contribution in [3.63, 3.8) is 0 Å². The standard InChI is InChI=1S/C21H16Cl2N2O4.Li.H/c22-13-4-6-16(18(23)11-13)20(26)25-19-7-5-15(12-17(19)21(27)28)29-10-8-14-3-1-2-9-24-14;;/h1-7,9,11-12H,8,10H2,(H,25,26)(H,27,28);;. The first-order valence-corrected chi connectivity index (χ1v) is 9.36. The zero-order valence-corrected chi connectivity index (χ0v) is 16.6. The van der Waals surface area contributed by atoms with E-state index in [2.05, 4.69) is 10.3 Å². The fraction of sp³-hybridized carbons (Fsp3) is 0.0952. The van der Waals surface area contributed by atoms with Gasteiger partial charge in [-0.15, -0.1) is 0 Å². The molecule has 150 valence electrons. The van der Waals surface area contributed by atoms with Crippen LogP contribution in [-0.2, 0) is 6.42 Å². The van der Waals surface area contributed by atoms with E-state index in [-0.39, 0.29) is 40.7 Å². The van der Waals surface area contributed by atoms with Crippen molar-refractivity contribution in [1.82, 2.24) is 4.98 Å². The van der Waals surface area contributed by atoms with E-state index in [0.717, 1.165) is 5.69 Å². The molecule has 1 heterocycles. The van der Waals surface area contributed by atoms with Crippen molar-refractivity contribution in [2.75, 3.05) is 11.9 Å². The van der Waals surface area contributed by atoms with Gasteiger partial charge >= 0.3 is 24.8 Å². The molecule has 30 heavy (non-hydrogen) atoms. The van der Waals surface area contributed by atoms with E-state index in [0.29, 0.717) is 23.8 Å². The maximum atomic E-state index is 12.5. The van der Waals surface area contributed by atoms with Gasteiger partial charge in [-0.3, -0.25) is 9.78 Å². The summed E-state index contributed by atoms with van der Waals surface area (Å²) >= 11 is 11.9. The number of amides is 1. The van der Waals surface area contributed by atoms with Gasteiger partial charge in [0.25, 0.3) is 5.91 Å². The number of carbonyl (C=O) groups excluding carboxylic acids is 1. The average molecular weight is 439 g/mol. The van der Waals surface area contributed by atoms with Gasteiger partial charge < -0.3 is 15.2 Å². The molecule has 0 aliphatic heterocycles. The number of nitrogens with one attached hydrogen (secondary N) is 1. The summed E-state index contributed by atoms with van der Waals surface area (Å²) in [5, 5.41) is 12.6. The molecule has 0 saturated heterocycles. The molecule has 0 fully saturated rings. The summed E-state index contributed by atoms with van der Waals surface area (Å²) in [7, 11) is 0. The third-order valence-corrected chi connectivity index (χ3v) is 4.55. The molecule has 0 atom stereocenters. The number of aromatic nitrogens is 1. The van der Waals surface area contributed by atoms with Crippen LogP contribution >= 0.6 is 23.2 Å². The molecule has 0 unspecified atom stereocenters. The number of aromatic carboxylic acids is 1. The van der Waals surface area contributed by atoms with Gasteiger partial charge in [-0.1, -0.05) is 29.3 Å². The van der Waals surface area contributed by atoms with Crippen LogP contribution in [0.3, 0.4) is 0 Å². The monoisotopic (exact) mass is 438 g/mol. The number of carboxylic acids is 1. The number of ether oxygens (including phenoxy) is 1. The van der Waals surface area contributed by atoms with Gasteiger partial charge in [0, 0.05) is 23.3 Å². The number of pyridine rings is 1. The molecule has 0 aliphatic carbocycles. The van der Waals surface area contributed by atoms with E-state index >= 15 is 0 Å². The topological polar surface area (TPSA) is 88.5 Å². The van der Waals surface area contributed by atoms with Gasteiger partial charge in [0.1, 0.15) is 5.75 Å². The zero-order chi connectivity index (χ0) is 20.8. The third-order valence-electron chi connectivity index (χ3n) is 4.00. The second kappa shape index (κ2) is 11.0. The minimum atomic E-state index is -1.20. The van der Waals surface area contributed by atoms with Crippen LogP contribution in [0.1, 0.15) is 26.4 Å². The van der Waals surface area contributed by atoms with E-state index < -0.39 is 11.9 Å². The molecule has 6 nitrogen and oxygen atoms in total. The average Bonchev–Trinajstić information content (AvgIpc) is 2.69. The molecule has 0 spiro atoms. The summed E-state index contributed by atoms with van der Waals surface area (Å²) in [5.74, 6) is -1.36. The van der Waals surface area contributed by atoms with Crippen molar-refractivity contribution in [1.29, 1.82) is 0 Å². The normalized spacial score (nSPS) is 10.1. The van der Waals surface area contributed by atoms with Crippen molar-refractivity contribution in [2.45, 2.75) is 6.42 Å². The molecular formula is C21H17Cl2LiN2O4. The summed E-state index contributed by atoms with van der Waals surface area (Å²) in [6.07, 6.45) is 2.28. The molecule has 3 aromatic rings. The van der Waals surface area contributed by atoms with Crippen LogP contribution in [0, 0.1) is 0 Å². The van der Waals surface area contributed by atoms with Gasteiger partial charge in [0.05, 0.1) is 28.4 Å². The molecule has 0 radical (unpaired) electrons. The van der Waals surface area contributed by atoms with Crippen LogP contribution in [0.2, 0.25) is 10.0 Å².